The number of ether oxygens (including phenoxy) is 3. The third kappa shape index (κ3) is 49.0. The van der Waals surface area contributed by atoms with Crippen LogP contribution in [0.15, 0.2) is 12.2 Å². The molecule has 0 saturated heterocycles. The lowest BCUT2D eigenvalue weighted by Gasteiger charge is -2.18. The zero-order chi connectivity index (χ0) is 44.4. The van der Waals surface area contributed by atoms with E-state index in [1.165, 1.54) is 205 Å². The molecule has 0 aromatic heterocycles. The van der Waals surface area contributed by atoms with Crippen LogP contribution in [0.4, 0.5) is 0 Å². The first kappa shape index (κ1) is 59.1. The molecule has 360 valence electrons. The minimum atomic E-state index is -0.764. The second kappa shape index (κ2) is 50.8. The van der Waals surface area contributed by atoms with Crippen LogP contribution in [0.3, 0.4) is 0 Å². The van der Waals surface area contributed by atoms with Gasteiger partial charge in [-0.1, -0.05) is 251 Å². The predicted molar refractivity (Wildman–Crippen MR) is 261 cm³/mol. The Hall–Kier alpha value is -1.85. The third-order valence-electron chi connectivity index (χ3n) is 12.3. The standard InChI is InChI=1S/C55H104O6/c1-4-7-10-13-16-19-21-23-25-26-27-28-30-31-33-36-39-42-45-48-54(57)60-51-52(50-59-53(56)47-44-41-38-35-18-15-12-9-6-3)61-55(58)49-46-43-40-37-34-32-29-24-22-20-17-14-11-8-5-2/h26-27,52H,4-25,28-51H2,1-3H3/b27-26-/t52-/m1/s1. The van der Waals surface area contributed by atoms with Gasteiger partial charge in [0.2, 0.25) is 0 Å². The molecule has 0 saturated carbocycles. The van der Waals surface area contributed by atoms with Gasteiger partial charge in [-0.25, -0.2) is 0 Å². The Kier molecular flexibility index (Phi) is 49.3. The highest BCUT2D eigenvalue weighted by Gasteiger charge is 2.19. The smallest absolute Gasteiger partial charge is 0.306 e. The number of carbonyl (C=O) groups is 3. The molecule has 0 aromatic rings. The lowest BCUT2D eigenvalue weighted by Crippen LogP contribution is -2.30. The molecular weight excluding hydrogens is 757 g/mol. The number of hydrogen-bond donors (Lipinski definition) is 0. The summed E-state index contributed by atoms with van der Waals surface area (Å²) in [4.78, 5) is 37.9. The van der Waals surface area contributed by atoms with Crippen molar-refractivity contribution >= 4 is 17.9 Å². The molecule has 61 heavy (non-hydrogen) atoms. The predicted octanol–water partition coefficient (Wildman–Crippen LogP) is 17.8. The van der Waals surface area contributed by atoms with E-state index in [-0.39, 0.29) is 31.1 Å². The van der Waals surface area contributed by atoms with Crippen molar-refractivity contribution in [1.82, 2.24) is 0 Å². The molecule has 0 bridgehead atoms. The summed E-state index contributed by atoms with van der Waals surface area (Å²) in [5.74, 6) is -0.855. The van der Waals surface area contributed by atoms with Crippen LogP contribution in [0.5, 0.6) is 0 Å². The van der Waals surface area contributed by atoms with Crippen LogP contribution >= 0.6 is 0 Å². The second-order valence-electron chi connectivity index (χ2n) is 18.5. The molecule has 0 amide bonds. The van der Waals surface area contributed by atoms with Gasteiger partial charge in [0.05, 0.1) is 0 Å². The minimum Gasteiger partial charge on any atom is -0.462 e. The van der Waals surface area contributed by atoms with E-state index in [9.17, 15) is 14.4 Å². The molecule has 1 atom stereocenters. The van der Waals surface area contributed by atoms with Crippen molar-refractivity contribution < 1.29 is 28.6 Å². The van der Waals surface area contributed by atoms with E-state index in [0.717, 1.165) is 57.8 Å². The Bertz CT molecular complexity index is 947. The lowest BCUT2D eigenvalue weighted by atomic mass is 10.0. The molecule has 0 aliphatic carbocycles. The maximum atomic E-state index is 12.8. The number of carbonyl (C=O) groups excluding carboxylic acids is 3. The molecule has 0 rings (SSSR count). The number of unbranched alkanes of at least 4 members (excludes halogenated alkanes) is 37. The summed E-state index contributed by atoms with van der Waals surface area (Å²) in [5, 5.41) is 0. The van der Waals surface area contributed by atoms with Crippen LogP contribution < -0.4 is 0 Å². The highest BCUT2D eigenvalue weighted by Crippen LogP contribution is 2.16. The summed E-state index contributed by atoms with van der Waals surface area (Å²) >= 11 is 0. The first-order chi connectivity index (χ1) is 30.0. The number of esters is 3. The summed E-state index contributed by atoms with van der Waals surface area (Å²) in [5.41, 5.74) is 0. The number of hydrogen-bond acceptors (Lipinski definition) is 6. The maximum absolute atomic E-state index is 12.8. The number of allylic oxidation sites excluding steroid dienone is 2. The summed E-state index contributed by atoms with van der Waals surface area (Å²) in [6.07, 6.45) is 56.3. The van der Waals surface area contributed by atoms with E-state index in [4.69, 9.17) is 14.2 Å². The first-order valence-corrected chi connectivity index (χ1v) is 27.2. The van der Waals surface area contributed by atoms with Crippen LogP contribution in [-0.4, -0.2) is 37.2 Å². The van der Waals surface area contributed by atoms with Gasteiger partial charge in [0, 0.05) is 19.3 Å². The lowest BCUT2D eigenvalue weighted by molar-refractivity contribution is -0.167. The van der Waals surface area contributed by atoms with Gasteiger partial charge in [-0.15, -0.1) is 0 Å². The Morgan fingerprint density at radius 3 is 0.820 bits per heavy atom. The van der Waals surface area contributed by atoms with E-state index in [2.05, 4.69) is 32.9 Å². The van der Waals surface area contributed by atoms with Crippen LogP contribution in [-0.2, 0) is 28.6 Å². The molecule has 0 aromatic carbocycles. The molecule has 6 heteroatoms. The molecule has 0 aliphatic heterocycles. The van der Waals surface area contributed by atoms with Crippen molar-refractivity contribution in [2.75, 3.05) is 13.2 Å². The van der Waals surface area contributed by atoms with Crippen molar-refractivity contribution in [1.29, 1.82) is 0 Å². The van der Waals surface area contributed by atoms with Crippen molar-refractivity contribution in [2.45, 2.75) is 309 Å². The van der Waals surface area contributed by atoms with E-state index in [1.54, 1.807) is 0 Å². The fraction of sp³-hybridized carbons (Fsp3) is 0.909. The average molecular weight is 861 g/mol. The van der Waals surface area contributed by atoms with Crippen LogP contribution in [0.2, 0.25) is 0 Å². The average Bonchev–Trinajstić information content (AvgIpc) is 3.26. The van der Waals surface area contributed by atoms with Crippen molar-refractivity contribution in [3.63, 3.8) is 0 Å². The van der Waals surface area contributed by atoms with Crippen molar-refractivity contribution in [3.8, 4) is 0 Å². The van der Waals surface area contributed by atoms with Gasteiger partial charge in [0.15, 0.2) is 6.10 Å². The Balaban J connectivity index is 4.24. The normalized spacial score (nSPS) is 12.0. The molecule has 0 heterocycles. The van der Waals surface area contributed by atoms with Crippen molar-refractivity contribution in [3.05, 3.63) is 12.2 Å². The van der Waals surface area contributed by atoms with Gasteiger partial charge < -0.3 is 14.2 Å². The fourth-order valence-electron chi connectivity index (χ4n) is 8.14. The van der Waals surface area contributed by atoms with Gasteiger partial charge in [-0.2, -0.15) is 0 Å². The van der Waals surface area contributed by atoms with E-state index >= 15 is 0 Å². The summed E-state index contributed by atoms with van der Waals surface area (Å²) < 4.78 is 16.8. The van der Waals surface area contributed by atoms with Gasteiger partial charge in [0.1, 0.15) is 13.2 Å². The van der Waals surface area contributed by atoms with Crippen LogP contribution in [0, 0.1) is 0 Å². The Labute approximate surface area is 380 Å². The van der Waals surface area contributed by atoms with Gasteiger partial charge in [-0.3, -0.25) is 14.4 Å². The molecule has 0 radical (unpaired) electrons. The van der Waals surface area contributed by atoms with E-state index in [0.29, 0.717) is 19.3 Å². The molecular formula is C55H104O6. The zero-order valence-electron chi connectivity index (χ0n) is 41.2. The fourth-order valence-corrected chi connectivity index (χ4v) is 8.14. The summed E-state index contributed by atoms with van der Waals surface area (Å²) in [6.45, 7) is 6.66. The van der Waals surface area contributed by atoms with Crippen molar-refractivity contribution in [2.24, 2.45) is 0 Å². The quantitative estimate of drug-likeness (QED) is 0.0262. The zero-order valence-corrected chi connectivity index (χ0v) is 41.2. The monoisotopic (exact) mass is 861 g/mol. The summed E-state index contributed by atoms with van der Waals surface area (Å²) in [7, 11) is 0. The molecule has 0 N–H and O–H groups in total. The molecule has 0 aliphatic rings. The third-order valence-corrected chi connectivity index (χ3v) is 12.3. The van der Waals surface area contributed by atoms with Crippen LogP contribution in [0.1, 0.15) is 303 Å². The topological polar surface area (TPSA) is 78.9 Å². The SMILES string of the molecule is CCCCCCCCCC/C=C\CCCCCCCCCC(=O)OC[C@@H](COC(=O)CCCCCCCCCCC)OC(=O)CCCCCCCCCCCCCCCCC. The number of rotatable bonds is 50. The molecule has 0 spiro atoms. The minimum absolute atomic E-state index is 0.0663. The largest absolute Gasteiger partial charge is 0.462 e. The van der Waals surface area contributed by atoms with Gasteiger partial charge in [0.25, 0.3) is 0 Å². The van der Waals surface area contributed by atoms with Gasteiger partial charge in [-0.05, 0) is 44.9 Å². The Morgan fingerprint density at radius 1 is 0.311 bits per heavy atom. The van der Waals surface area contributed by atoms with Gasteiger partial charge >= 0.3 is 17.9 Å². The second-order valence-corrected chi connectivity index (χ2v) is 18.5. The highest BCUT2D eigenvalue weighted by molar-refractivity contribution is 5.71. The summed E-state index contributed by atoms with van der Waals surface area (Å²) in [6, 6.07) is 0. The highest BCUT2D eigenvalue weighted by atomic mass is 16.6. The first-order valence-electron chi connectivity index (χ1n) is 27.2. The molecule has 0 unspecified atom stereocenters. The van der Waals surface area contributed by atoms with E-state index < -0.39 is 6.10 Å². The molecule has 6 nitrogen and oxygen atoms in total. The van der Waals surface area contributed by atoms with Crippen LogP contribution in [0.25, 0.3) is 0 Å². The molecule has 0 fully saturated rings. The van der Waals surface area contributed by atoms with E-state index in [1.807, 2.05) is 0 Å². The maximum Gasteiger partial charge on any atom is 0.306 e. The Morgan fingerprint density at radius 2 is 0.541 bits per heavy atom.